The van der Waals surface area contributed by atoms with Gasteiger partial charge in [-0.15, -0.1) is 0 Å². The van der Waals surface area contributed by atoms with Crippen LogP contribution in [0.5, 0.6) is 5.75 Å². The van der Waals surface area contributed by atoms with Gasteiger partial charge in [-0.1, -0.05) is 30.3 Å². The number of carbonyl (C=O) groups excluding carboxylic acids is 2. The number of esters is 1. The number of hydrogen-bond acceptors (Lipinski definition) is 7. The molecule has 0 heterocycles. The lowest BCUT2D eigenvalue weighted by molar-refractivity contribution is -0.384. The number of hydrogen-bond donors (Lipinski definition) is 2. The second-order valence-electron chi connectivity index (χ2n) is 6.73. The van der Waals surface area contributed by atoms with E-state index in [9.17, 15) is 19.7 Å². The summed E-state index contributed by atoms with van der Waals surface area (Å²) in [6.07, 6.45) is 1.43. The van der Waals surface area contributed by atoms with Crippen molar-refractivity contribution in [2.75, 3.05) is 11.9 Å². The van der Waals surface area contributed by atoms with Crippen LogP contribution >= 0.6 is 0 Å². The average molecular weight is 432 g/mol. The summed E-state index contributed by atoms with van der Waals surface area (Å²) in [6, 6.07) is 19.3. The van der Waals surface area contributed by atoms with Gasteiger partial charge in [0.05, 0.1) is 23.2 Å². The van der Waals surface area contributed by atoms with Gasteiger partial charge in [-0.2, -0.15) is 5.10 Å². The first kappa shape index (κ1) is 22.2. The van der Waals surface area contributed by atoms with Gasteiger partial charge in [0, 0.05) is 17.8 Å². The molecule has 3 aromatic rings. The number of nitrogens with zero attached hydrogens (tertiary/aromatic N) is 2. The first-order valence-electron chi connectivity index (χ1n) is 9.60. The van der Waals surface area contributed by atoms with Crippen LogP contribution in [0.3, 0.4) is 0 Å². The summed E-state index contributed by atoms with van der Waals surface area (Å²) in [5.41, 5.74) is 5.00. The highest BCUT2D eigenvalue weighted by molar-refractivity contribution is 5.91. The molecule has 0 unspecified atom stereocenters. The minimum Gasteiger partial charge on any atom is -0.423 e. The lowest BCUT2D eigenvalue weighted by Crippen LogP contribution is -2.26. The summed E-state index contributed by atoms with van der Waals surface area (Å²) in [7, 11) is 0. The fourth-order valence-corrected chi connectivity index (χ4v) is 2.71. The van der Waals surface area contributed by atoms with Crippen molar-refractivity contribution >= 4 is 29.5 Å². The molecule has 2 N–H and O–H groups in total. The Kier molecular flexibility index (Phi) is 7.26. The zero-order valence-corrected chi connectivity index (χ0v) is 17.1. The standard InChI is InChI=1S/C23H20N4O5/c1-16-5-2-3-8-21(16)24-15-22(28)26-25-14-17-6-4-7-20(13-17)32-23(29)18-9-11-19(12-10-18)27(30)31/h2-14,24H,15H2,1H3,(H,26,28). The summed E-state index contributed by atoms with van der Waals surface area (Å²) in [6.45, 7) is 2.01. The third-order valence-corrected chi connectivity index (χ3v) is 4.37. The van der Waals surface area contributed by atoms with Gasteiger partial charge in [0.1, 0.15) is 5.75 Å². The number of carbonyl (C=O) groups is 2. The second kappa shape index (κ2) is 10.5. The number of rotatable bonds is 8. The van der Waals surface area contributed by atoms with E-state index in [4.69, 9.17) is 4.74 Å². The zero-order valence-electron chi connectivity index (χ0n) is 17.1. The third kappa shape index (κ3) is 6.23. The fraction of sp³-hybridized carbons (Fsp3) is 0.0870. The van der Waals surface area contributed by atoms with E-state index in [0.717, 1.165) is 11.3 Å². The van der Waals surface area contributed by atoms with Gasteiger partial charge in [-0.3, -0.25) is 14.9 Å². The SMILES string of the molecule is Cc1ccccc1NCC(=O)NN=Cc1cccc(OC(=O)c2ccc([N+](=O)[O-])cc2)c1. The highest BCUT2D eigenvalue weighted by Crippen LogP contribution is 2.17. The van der Waals surface area contributed by atoms with Gasteiger partial charge in [0.15, 0.2) is 0 Å². The van der Waals surface area contributed by atoms with Crippen LogP contribution in [-0.4, -0.2) is 29.6 Å². The summed E-state index contributed by atoms with van der Waals surface area (Å²) in [4.78, 5) is 34.3. The molecule has 0 aliphatic rings. The Morgan fingerprint density at radius 1 is 1.06 bits per heavy atom. The Morgan fingerprint density at radius 3 is 2.53 bits per heavy atom. The molecule has 32 heavy (non-hydrogen) atoms. The van der Waals surface area contributed by atoms with Gasteiger partial charge in [-0.05, 0) is 48.4 Å². The van der Waals surface area contributed by atoms with Gasteiger partial charge in [0.25, 0.3) is 11.6 Å². The largest absolute Gasteiger partial charge is 0.423 e. The van der Waals surface area contributed by atoms with Crippen molar-refractivity contribution in [3.05, 3.63) is 99.6 Å². The lowest BCUT2D eigenvalue weighted by atomic mass is 10.2. The van der Waals surface area contributed by atoms with Crippen molar-refractivity contribution in [2.45, 2.75) is 6.92 Å². The number of nitro benzene ring substituents is 1. The summed E-state index contributed by atoms with van der Waals surface area (Å²) < 4.78 is 5.30. The summed E-state index contributed by atoms with van der Waals surface area (Å²) in [5, 5.41) is 17.6. The Morgan fingerprint density at radius 2 is 1.81 bits per heavy atom. The molecule has 0 bridgehead atoms. The number of nitrogens with one attached hydrogen (secondary N) is 2. The molecular weight excluding hydrogens is 412 g/mol. The van der Waals surface area contributed by atoms with Crippen LogP contribution in [0, 0.1) is 17.0 Å². The second-order valence-corrected chi connectivity index (χ2v) is 6.73. The zero-order chi connectivity index (χ0) is 22.9. The number of aryl methyl sites for hydroxylation is 1. The monoisotopic (exact) mass is 432 g/mol. The number of ether oxygens (including phenoxy) is 1. The van der Waals surface area contributed by atoms with Crippen LogP contribution in [0.4, 0.5) is 11.4 Å². The van der Waals surface area contributed by atoms with E-state index in [1.165, 1.54) is 30.5 Å². The van der Waals surface area contributed by atoms with E-state index in [1.54, 1.807) is 24.3 Å². The fourth-order valence-electron chi connectivity index (χ4n) is 2.71. The molecule has 9 nitrogen and oxygen atoms in total. The smallest absolute Gasteiger partial charge is 0.343 e. The van der Waals surface area contributed by atoms with Crippen molar-refractivity contribution < 1.29 is 19.2 Å². The Bertz CT molecular complexity index is 1160. The molecule has 162 valence electrons. The lowest BCUT2D eigenvalue weighted by Gasteiger charge is -2.08. The molecule has 0 aliphatic heterocycles. The minimum absolute atomic E-state index is 0.0646. The molecule has 1 amide bonds. The Hall–Kier alpha value is -4.53. The minimum atomic E-state index is -0.649. The van der Waals surface area contributed by atoms with Gasteiger partial charge in [0.2, 0.25) is 0 Å². The predicted octanol–water partition coefficient (Wildman–Crippen LogP) is 3.68. The number of nitro groups is 1. The quantitative estimate of drug-likeness (QED) is 0.184. The van der Waals surface area contributed by atoms with E-state index in [2.05, 4.69) is 15.8 Å². The molecule has 0 saturated carbocycles. The molecule has 0 atom stereocenters. The number of hydrazone groups is 1. The topological polar surface area (TPSA) is 123 Å². The van der Waals surface area contributed by atoms with Crippen LogP contribution < -0.4 is 15.5 Å². The molecule has 0 spiro atoms. The summed E-state index contributed by atoms with van der Waals surface area (Å²) in [5.74, 6) is -0.695. The maximum Gasteiger partial charge on any atom is 0.343 e. The van der Waals surface area contributed by atoms with E-state index in [1.807, 2.05) is 31.2 Å². The molecule has 0 fully saturated rings. The molecule has 0 radical (unpaired) electrons. The first-order valence-corrected chi connectivity index (χ1v) is 9.60. The molecule has 3 aromatic carbocycles. The number of para-hydroxylation sites is 1. The van der Waals surface area contributed by atoms with E-state index in [0.29, 0.717) is 5.56 Å². The number of anilines is 1. The van der Waals surface area contributed by atoms with E-state index in [-0.39, 0.29) is 29.5 Å². The van der Waals surface area contributed by atoms with Crippen LogP contribution in [-0.2, 0) is 4.79 Å². The van der Waals surface area contributed by atoms with E-state index < -0.39 is 10.9 Å². The van der Waals surface area contributed by atoms with E-state index >= 15 is 0 Å². The highest BCUT2D eigenvalue weighted by Gasteiger charge is 2.11. The summed E-state index contributed by atoms with van der Waals surface area (Å²) >= 11 is 0. The first-order chi connectivity index (χ1) is 15.4. The van der Waals surface area contributed by atoms with Gasteiger partial charge < -0.3 is 10.1 Å². The van der Waals surface area contributed by atoms with Crippen LogP contribution in [0.25, 0.3) is 0 Å². The molecule has 0 saturated heterocycles. The van der Waals surface area contributed by atoms with Gasteiger partial charge >= 0.3 is 5.97 Å². The number of amides is 1. The predicted molar refractivity (Wildman–Crippen MR) is 120 cm³/mol. The van der Waals surface area contributed by atoms with Crippen molar-refractivity contribution in [1.82, 2.24) is 5.43 Å². The Labute approximate surface area is 183 Å². The third-order valence-electron chi connectivity index (χ3n) is 4.37. The van der Waals surface area contributed by atoms with Crippen LogP contribution in [0.15, 0.2) is 77.9 Å². The number of non-ortho nitro benzene ring substituents is 1. The van der Waals surface area contributed by atoms with Crippen LogP contribution in [0.1, 0.15) is 21.5 Å². The van der Waals surface area contributed by atoms with Crippen molar-refractivity contribution in [2.24, 2.45) is 5.10 Å². The molecule has 0 aromatic heterocycles. The average Bonchev–Trinajstić information content (AvgIpc) is 2.79. The molecule has 0 aliphatic carbocycles. The maximum atomic E-state index is 12.2. The Balaban J connectivity index is 1.53. The van der Waals surface area contributed by atoms with Crippen molar-refractivity contribution in [1.29, 1.82) is 0 Å². The van der Waals surface area contributed by atoms with Gasteiger partial charge in [-0.25, -0.2) is 10.2 Å². The molecular formula is C23H20N4O5. The highest BCUT2D eigenvalue weighted by atomic mass is 16.6. The number of benzene rings is 3. The van der Waals surface area contributed by atoms with Crippen molar-refractivity contribution in [3.8, 4) is 5.75 Å². The van der Waals surface area contributed by atoms with Crippen LogP contribution in [0.2, 0.25) is 0 Å². The molecule has 3 rings (SSSR count). The normalized spacial score (nSPS) is 10.5. The maximum absolute atomic E-state index is 12.2. The van der Waals surface area contributed by atoms with Crippen molar-refractivity contribution in [3.63, 3.8) is 0 Å². The molecule has 9 heteroatoms.